The number of rotatable bonds is 5. The molecule has 0 heterocycles. The fourth-order valence-electron chi connectivity index (χ4n) is 1.97. The lowest BCUT2D eigenvalue weighted by Gasteiger charge is -2.14. The number of aryl methyl sites for hydroxylation is 1. The van der Waals surface area contributed by atoms with Crippen LogP contribution < -0.4 is 10.1 Å². The van der Waals surface area contributed by atoms with Crippen LogP contribution in [0.2, 0.25) is 5.02 Å². The molecule has 0 fully saturated rings. The van der Waals surface area contributed by atoms with E-state index in [1.807, 2.05) is 32.2 Å². The predicted molar refractivity (Wildman–Crippen MR) is 79.7 cm³/mol. The van der Waals surface area contributed by atoms with Gasteiger partial charge in [0.15, 0.2) is 0 Å². The van der Waals surface area contributed by atoms with E-state index in [1.54, 1.807) is 6.07 Å². The maximum Gasteiger partial charge on any atom is 0.125 e. The number of halogens is 2. The molecule has 0 aliphatic carbocycles. The third kappa shape index (κ3) is 3.50. The van der Waals surface area contributed by atoms with Crippen LogP contribution in [0.25, 0.3) is 0 Å². The first-order chi connectivity index (χ1) is 9.61. The van der Waals surface area contributed by atoms with Crippen LogP contribution in [0.1, 0.15) is 16.7 Å². The molecule has 0 unspecified atom stereocenters. The Balaban J connectivity index is 2.18. The van der Waals surface area contributed by atoms with Gasteiger partial charge in [-0.1, -0.05) is 23.7 Å². The Kier molecular flexibility index (Phi) is 4.99. The first kappa shape index (κ1) is 14.8. The van der Waals surface area contributed by atoms with Crippen molar-refractivity contribution in [3.63, 3.8) is 0 Å². The Morgan fingerprint density at radius 1 is 1.25 bits per heavy atom. The molecule has 2 nitrogen and oxygen atoms in total. The maximum atomic E-state index is 13.3. The molecule has 0 saturated heterocycles. The zero-order chi connectivity index (χ0) is 14.5. The normalized spacial score (nSPS) is 10.6. The van der Waals surface area contributed by atoms with Gasteiger partial charge in [0.1, 0.15) is 18.2 Å². The summed E-state index contributed by atoms with van der Waals surface area (Å²) < 4.78 is 19.1. The van der Waals surface area contributed by atoms with Crippen LogP contribution >= 0.6 is 11.6 Å². The lowest BCUT2D eigenvalue weighted by atomic mass is 10.1. The first-order valence-corrected chi connectivity index (χ1v) is 6.79. The summed E-state index contributed by atoms with van der Waals surface area (Å²) in [5.41, 5.74) is 2.75. The summed E-state index contributed by atoms with van der Waals surface area (Å²) in [5.74, 6) is 0.464. The zero-order valence-electron chi connectivity index (χ0n) is 11.5. The Bertz CT molecular complexity index is 601. The van der Waals surface area contributed by atoms with Gasteiger partial charge in [-0.15, -0.1) is 0 Å². The van der Waals surface area contributed by atoms with E-state index < -0.39 is 0 Å². The van der Waals surface area contributed by atoms with Gasteiger partial charge in [0.05, 0.1) is 0 Å². The maximum absolute atomic E-state index is 13.3. The van der Waals surface area contributed by atoms with Crippen molar-refractivity contribution in [2.45, 2.75) is 20.1 Å². The van der Waals surface area contributed by atoms with Crippen LogP contribution in [0, 0.1) is 12.7 Å². The lowest BCUT2D eigenvalue weighted by Crippen LogP contribution is -2.08. The van der Waals surface area contributed by atoms with Crippen molar-refractivity contribution in [3.05, 3.63) is 63.9 Å². The largest absolute Gasteiger partial charge is 0.489 e. The highest BCUT2D eigenvalue weighted by atomic mass is 35.5. The van der Waals surface area contributed by atoms with Gasteiger partial charge in [-0.2, -0.15) is 0 Å². The van der Waals surface area contributed by atoms with Crippen LogP contribution in [0.3, 0.4) is 0 Å². The molecule has 0 amide bonds. The monoisotopic (exact) mass is 293 g/mol. The predicted octanol–water partition coefficient (Wildman–Crippen LogP) is 4.09. The summed E-state index contributed by atoms with van der Waals surface area (Å²) in [7, 11) is 1.85. The molecule has 20 heavy (non-hydrogen) atoms. The van der Waals surface area contributed by atoms with Crippen LogP contribution in [0.4, 0.5) is 4.39 Å². The van der Waals surface area contributed by atoms with Crippen LogP contribution in [-0.4, -0.2) is 7.05 Å². The summed E-state index contributed by atoms with van der Waals surface area (Å²) in [4.78, 5) is 0. The average molecular weight is 294 g/mol. The Morgan fingerprint density at radius 3 is 2.80 bits per heavy atom. The second kappa shape index (κ2) is 6.73. The van der Waals surface area contributed by atoms with Crippen molar-refractivity contribution in [3.8, 4) is 5.75 Å². The van der Waals surface area contributed by atoms with Crippen LogP contribution in [-0.2, 0) is 13.2 Å². The van der Waals surface area contributed by atoms with Gasteiger partial charge >= 0.3 is 0 Å². The molecular weight excluding hydrogens is 277 g/mol. The van der Waals surface area contributed by atoms with Crippen LogP contribution in [0.15, 0.2) is 36.4 Å². The van der Waals surface area contributed by atoms with Crippen molar-refractivity contribution >= 4 is 11.6 Å². The topological polar surface area (TPSA) is 21.3 Å². The van der Waals surface area contributed by atoms with Gasteiger partial charge in [0.25, 0.3) is 0 Å². The Hall–Kier alpha value is -1.58. The quantitative estimate of drug-likeness (QED) is 0.896. The molecular formula is C16H17ClFNO. The third-order valence-corrected chi connectivity index (χ3v) is 3.48. The lowest BCUT2D eigenvalue weighted by molar-refractivity contribution is 0.301. The van der Waals surface area contributed by atoms with Crippen LogP contribution in [0.5, 0.6) is 5.75 Å². The summed E-state index contributed by atoms with van der Waals surface area (Å²) in [6.45, 7) is 2.88. The fourth-order valence-corrected chi connectivity index (χ4v) is 2.21. The highest BCUT2D eigenvalue weighted by molar-refractivity contribution is 6.31. The third-order valence-electron chi connectivity index (χ3n) is 3.12. The highest BCUT2D eigenvalue weighted by Crippen LogP contribution is 2.27. The minimum absolute atomic E-state index is 0.254. The summed E-state index contributed by atoms with van der Waals surface area (Å²) >= 11 is 6.17. The fraction of sp³-hybridized carbons (Fsp3) is 0.250. The van der Waals surface area contributed by atoms with Gasteiger partial charge in [-0.05, 0) is 49.4 Å². The van der Waals surface area contributed by atoms with Gasteiger partial charge in [-0.25, -0.2) is 4.39 Å². The smallest absolute Gasteiger partial charge is 0.125 e. The molecule has 0 atom stereocenters. The Morgan fingerprint density at radius 2 is 2.05 bits per heavy atom. The van der Waals surface area contributed by atoms with Crippen molar-refractivity contribution in [2.24, 2.45) is 0 Å². The van der Waals surface area contributed by atoms with Gasteiger partial charge < -0.3 is 10.1 Å². The van der Waals surface area contributed by atoms with E-state index in [0.717, 1.165) is 22.4 Å². The van der Waals surface area contributed by atoms with E-state index in [9.17, 15) is 4.39 Å². The molecule has 0 spiro atoms. The molecule has 2 aromatic rings. The molecule has 2 aromatic carbocycles. The zero-order valence-corrected chi connectivity index (χ0v) is 12.3. The van der Waals surface area contributed by atoms with Crippen molar-refractivity contribution in [2.75, 3.05) is 7.05 Å². The number of benzene rings is 2. The average Bonchev–Trinajstić information content (AvgIpc) is 2.43. The van der Waals surface area contributed by atoms with E-state index in [4.69, 9.17) is 16.3 Å². The number of ether oxygens (including phenoxy) is 1. The first-order valence-electron chi connectivity index (χ1n) is 6.41. The molecule has 0 saturated carbocycles. The van der Waals surface area contributed by atoms with E-state index >= 15 is 0 Å². The molecule has 4 heteroatoms. The highest BCUT2D eigenvalue weighted by Gasteiger charge is 2.08. The minimum atomic E-state index is -0.254. The second-order valence-corrected chi connectivity index (χ2v) is 5.01. The number of hydrogen-bond donors (Lipinski definition) is 1. The number of nitrogens with one attached hydrogen (secondary N) is 1. The van der Waals surface area contributed by atoms with E-state index in [1.165, 1.54) is 12.1 Å². The molecule has 0 aliphatic heterocycles. The molecule has 0 aromatic heterocycles. The molecule has 0 bridgehead atoms. The SMILES string of the molecule is CNCc1c(Cl)cccc1OCc1cc(F)ccc1C. The molecule has 0 aliphatic rings. The summed E-state index contributed by atoms with van der Waals surface area (Å²) in [5, 5.41) is 3.72. The molecule has 0 radical (unpaired) electrons. The van der Waals surface area contributed by atoms with Crippen molar-refractivity contribution < 1.29 is 9.13 Å². The van der Waals surface area contributed by atoms with Gasteiger partial charge in [0, 0.05) is 17.1 Å². The molecule has 1 N–H and O–H groups in total. The standard InChI is InChI=1S/C16H17ClFNO/c1-11-6-7-13(18)8-12(11)10-20-16-5-3-4-15(17)14(16)9-19-2/h3-8,19H,9-10H2,1-2H3. The summed E-state index contributed by atoms with van der Waals surface area (Å²) in [6, 6.07) is 10.2. The second-order valence-electron chi connectivity index (χ2n) is 4.61. The van der Waals surface area contributed by atoms with Gasteiger partial charge in [0.2, 0.25) is 0 Å². The van der Waals surface area contributed by atoms with Crippen molar-refractivity contribution in [1.82, 2.24) is 5.32 Å². The molecule has 106 valence electrons. The minimum Gasteiger partial charge on any atom is -0.489 e. The molecule has 2 rings (SSSR count). The number of hydrogen-bond acceptors (Lipinski definition) is 2. The van der Waals surface area contributed by atoms with E-state index in [-0.39, 0.29) is 5.82 Å². The van der Waals surface area contributed by atoms with E-state index in [0.29, 0.717) is 18.2 Å². The van der Waals surface area contributed by atoms with Gasteiger partial charge in [-0.3, -0.25) is 0 Å². The van der Waals surface area contributed by atoms with Crippen molar-refractivity contribution in [1.29, 1.82) is 0 Å². The van der Waals surface area contributed by atoms with E-state index in [2.05, 4.69) is 5.32 Å². The Labute approximate surface area is 123 Å². The summed E-state index contributed by atoms with van der Waals surface area (Å²) in [6.07, 6.45) is 0.